The topological polar surface area (TPSA) is 3.24 Å². The van der Waals surface area contributed by atoms with Gasteiger partial charge in [-0.2, -0.15) is 11.6 Å². The van der Waals surface area contributed by atoms with Crippen LogP contribution in [-0.2, 0) is 0 Å². The fourth-order valence-corrected chi connectivity index (χ4v) is 1.29. The second kappa shape index (κ2) is 6.49. The van der Waals surface area contributed by atoms with Crippen molar-refractivity contribution in [3.63, 3.8) is 0 Å². The first kappa shape index (κ1) is 9.37. The van der Waals surface area contributed by atoms with E-state index in [4.69, 9.17) is 0 Å². The minimum atomic E-state index is 1.26. The van der Waals surface area contributed by atoms with E-state index in [1.54, 1.807) is 0 Å². The highest BCUT2D eigenvalue weighted by molar-refractivity contribution is 8.22. The van der Waals surface area contributed by atoms with Crippen molar-refractivity contribution in [1.29, 1.82) is 0 Å². The Morgan fingerprint density at radius 3 is 2.56 bits per heavy atom. The lowest BCUT2D eigenvalue weighted by Gasteiger charge is -2.05. The molecule has 0 aliphatic carbocycles. The Bertz CT molecular complexity index is 59.0. The van der Waals surface area contributed by atoms with Crippen molar-refractivity contribution in [3.05, 3.63) is 0 Å². The molecule has 0 aromatic heterocycles. The zero-order valence-electron chi connectivity index (χ0n) is 6.55. The van der Waals surface area contributed by atoms with Gasteiger partial charge in [0.05, 0.1) is 0 Å². The molecule has 0 saturated carbocycles. The molecular weight excluding hydrogens is 129 g/mol. The van der Waals surface area contributed by atoms with Gasteiger partial charge >= 0.3 is 0 Å². The van der Waals surface area contributed by atoms with Gasteiger partial charge in [0.2, 0.25) is 0 Å². The molecule has 9 heavy (non-hydrogen) atoms. The van der Waals surface area contributed by atoms with Gasteiger partial charge in [0.15, 0.2) is 0 Å². The normalized spacial score (nSPS) is 10.2. The molecule has 0 aliphatic rings. The summed E-state index contributed by atoms with van der Waals surface area (Å²) in [6.45, 7) is 4.37. The standard InChI is InChI=1S/C6H15BNS/c1-4-5-6-9-7-8(2)3/h4-6H2,1-3H3. The smallest absolute Gasteiger partial charge is 0.287 e. The molecule has 0 heterocycles. The first-order valence-electron chi connectivity index (χ1n) is 3.38. The minimum absolute atomic E-state index is 1.26. The van der Waals surface area contributed by atoms with E-state index in [-0.39, 0.29) is 0 Å². The highest BCUT2D eigenvalue weighted by Gasteiger charge is 1.92. The minimum Gasteiger partial charge on any atom is -0.342 e. The van der Waals surface area contributed by atoms with Gasteiger partial charge in [0.25, 0.3) is 6.69 Å². The van der Waals surface area contributed by atoms with E-state index in [0.29, 0.717) is 0 Å². The first-order chi connectivity index (χ1) is 4.27. The molecular formula is C6H15BNS. The average molecular weight is 144 g/mol. The van der Waals surface area contributed by atoms with Crippen LogP contribution >= 0.6 is 11.6 Å². The van der Waals surface area contributed by atoms with Gasteiger partial charge in [-0.1, -0.05) is 13.3 Å². The van der Waals surface area contributed by atoms with Gasteiger partial charge in [0, 0.05) is 0 Å². The fraction of sp³-hybridized carbons (Fsp3) is 1.00. The molecule has 0 spiro atoms. The van der Waals surface area contributed by atoms with Crippen LogP contribution in [0.3, 0.4) is 0 Å². The molecule has 0 unspecified atom stereocenters. The largest absolute Gasteiger partial charge is 0.342 e. The molecule has 0 N–H and O–H groups in total. The van der Waals surface area contributed by atoms with Crippen LogP contribution in [0.4, 0.5) is 0 Å². The molecule has 1 nitrogen and oxygen atoms in total. The van der Waals surface area contributed by atoms with Gasteiger partial charge in [-0.05, 0) is 26.3 Å². The second-order valence-electron chi connectivity index (χ2n) is 2.29. The summed E-state index contributed by atoms with van der Waals surface area (Å²) < 4.78 is 0. The third-order valence-corrected chi connectivity index (χ3v) is 2.00. The van der Waals surface area contributed by atoms with Crippen LogP contribution < -0.4 is 0 Å². The molecule has 0 fully saturated rings. The van der Waals surface area contributed by atoms with Crippen molar-refractivity contribution < 1.29 is 0 Å². The predicted molar refractivity (Wildman–Crippen MR) is 46.8 cm³/mol. The van der Waals surface area contributed by atoms with Gasteiger partial charge in [-0.15, -0.1) is 0 Å². The fourth-order valence-electron chi connectivity index (χ4n) is 0.429. The zero-order valence-corrected chi connectivity index (χ0v) is 7.37. The Balaban J connectivity index is 2.75. The van der Waals surface area contributed by atoms with Crippen LogP contribution in [0.1, 0.15) is 19.8 Å². The van der Waals surface area contributed by atoms with Crippen LogP contribution in [0, 0.1) is 0 Å². The van der Waals surface area contributed by atoms with E-state index in [9.17, 15) is 0 Å². The molecule has 0 aromatic carbocycles. The van der Waals surface area contributed by atoms with Crippen molar-refractivity contribution in [2.24, 2.45) is 0 Å². The monoisotopic (exact) mass is 144 g/mol. The summed E-state index contributed by atoms with van der Waals surface area (Å²) in [5.74, 6) is 1.26. The molecule has 1 radical (unpaired) electrons. The highest BCUT2D eigenvalue weighted by atomic mass is 32.2. The maximum absolute atomic E-state index is 2.22. The van der Waals surface area contributed by atoms with Gasteiger partial charge in [0.1, 0.15) is 0 Å². The second-order valence-corrected chi connectivity index (χ2v) is 3.25. The summed E-state index contributed by atoms with van der Waals surface area (Å²) >= 11 is 1.89. The maximum Gasteiger partial charge on any atom is 0.287 e. The number of rotatable bonds is 5. The van der Waals surface area contributed by atoms with Crippen LogP contribution in [0.5, 0.6) is 0 Å². The number of hydrogen-bond acceptors (Lipinski definition) is 2. The van der Waals surface area contributed by atoms with Crippen molar-refractivity contribution in [2.45, 2.75) is 19.8 Å². The third kappa shape index (κ3) is 8.37. The summed E-state index contributed by atoms with van der Waals surface area (Å²) in [6.07, 6.45) is 2.63. The summed E-state index contributed by atoms with van der Waals surface area (Å²) in [5.41, 5.74) is 0. The zero-order chi connectivity index (χ0) is 7.11. The van der Waals surface area contributed by atoms with E-state index >= 15 is 0 Å². The van der Waals surface area contributed by atoms with Crippen LogP contribution in [0.25, 0.3) is 0 Å². The van der Waals surface area contributed by atoms with Crippen LogP contribution in [-0.4, -0.2) is 31.4 Å². The predicted octanol–water partition coefficient (Wildman–Crippen LogP) is 1.62. The van der Waals surface area contributed by atoms with Gasteiger partial charge in [-0.25, -0.2) is 0 Å². The van der Waals surface area contributed by atoms with Gasteiger partial charge in [-0.3, -0.25) is 0 Å². The highest BCUT2D eigenvalue weighted by Crippen LogP contribution is 2.01. The van der Waals surface area contributed by atoms with E-state index < -0.39 is 0 Å². The molecule has 0 amide bonds. The van der Waals surface area contributed by atoms with Crippen molar-refractivity contribution in [1.82, 2.24) is 4.81 Å². The lowest BCUT2D eigenvalue weighted by molar-refractivity contribution is 0.674. The Labute approximate surface area is 63.4 Å². The molecule has 53 valence electrons. The molecule has 0 saturated heterocycles. The van der Waals surface area contributed by atoms with E-state index in [1.807, 2.05) is 11.6 Å². The number of nitrogens with zero attached hydrogens (tertiary/aromatic N) is 1. The molecule has 3 heteroatoms. The van der Waals surface area contributed by atoms with Crippen LogP contribution in [0.2, 0.25) is 0 Å². The average Bonchev–Trinajstić information content (AvgIpc) is 1.80. The lowest BCUT2D eigenvalue weighted by Crippen LogP contribution is -2.14. The quantitative estimate of drug-likeness (QED) is 0.426. The Morgan fingerprint density at radius 1 is 1.44 bits per heavy atom. The number of hydrogen-bond donors (Lipinski definition) is 0. The summed E-state index contributed by atoms with van der Waals surface area (Å²) in [4.78, 5) is 2.08. The molecule has 0 aromatic rings. The maximum atomic E-state index is 2.22. The summed E-state index contributed by atoms with van der Waals surface area (Å²) in [6, 6.07) is 0. The molecule has 0 rings (SSSR count). The molecule has 0 bridgehead atoms. The number of unbranched alkanes of at least 4 members (excludes halogenated alkanes) is 1. The molecule has 0 aliphatic heterocycles. The van der Waals surface area contributed by atoms with Crippen molar-refractivity contribution in [2.75, 3.05) is 19.8 Å². The van der Waals surface area contributed by atoms with E-state index in [2.05, 4.69) is 32.5 Å². The SMILES string of the molecule is CCCCS[B]N(C)C. The summed E-state index contributed by atoms with van der Waals surface area (Å²) in [5, 5.41) is 0. The third-order valence-electron chi connectivity index (χ3n) is 0.901. The van der Waals surface area contributed by atoms with E-state index in [1.165, 1.54) is 18.6 Å². The Morgan fingerprint density at radius 2 is 2.11 bits per heavy atom. The van der Waals surface area contributed by atoms with Crippen molar-refractivity contribution in [3.8, 4) is 0 Å². The van der Waals surface area contributed by atoms with Crippen LogP contribution in [0.15, 0.2) is 0 Å². The lowest BCUT2D eigenvalue weighted by atomic mass is 10.3. The van der Waals surface area contributed by atoms with E-state index in [0.717, 1.165) is 0 Å². The Kier molecular flexibility index (Phi) is 6.76. The Hall–Kier alpha value is 0.375. The van der Waals surface area contributed by atoms with Crippen molar-refractivity contribution >= 4 is 18.3 Å². The molecule has 0 atom stereocenters. The first-order valence-corrected chi connectivity index (χ1v) is 4.43. The summed E-state index contributed by atoms with van der Waals surface area (Å²) in [7, 11) is 4.11. The van der Waals surface area contributed by atoms with Gasteiger partial charge < -0.3 is 4.81 Å².